The van der Waals surface area contributed by atoms with Crippen molar-refractivity contribution in [1.29, 1.82) is 5.26 Å². The maximum Gasteiger partial charge on any atom is 0.129 e. The molecule has 0 radical (unpaired) electrons. The van der Waals surface area contributed by atoms with Crippen molar-refractivity contribution in [2.45, 2.75) is 25.3 Å². The molecule has 0 saturated heterocycles. The van der Waals surface area contributed by atoms with Crippen molar-refractivity contribution in [3.8, 4) is 6.07 Å². The van der Waals surface area contributed by atoms with Crippen LogP contribution in [0.2, 0.25) is 5.02 Å². The molecule has 2 aromatic carbocycles. The molecule has 4 heteroatoms. The van der Waals surface area contributed by atoms with Crippen LogP contribution in [0.3, 0.4) is 0 Å². The maximum absolute atomic E-state index is 9.67. The van der Waals surface area contributed by atoms with Gasteiger partial charge in [-0.25, -0.2) is 0 Å². The van der Waals surface area contributed by atoms with Gasteiger partial charge in [0.05, 0.1) is 11.1 Å². The third-order valence-electron chi connectivity index (χ3n) is 3.47. The Bertz CT molecular complexity index is 652. The first-order valence-corrected chi connectivity index (χ1v) is 7.94. The molecule has 2 aromatic rings. The van der Waals surface area contributed by atoms with Gasteiger partial charge in [0.25, 0.3) is 0 Å². The Morgan fingerprint density at radius 1 is 1.24 bits per heavy atom. The second-order valence-corrected chi connectivity index (χ2v) is 6.23. The van der Waals surface area contributed by atoms with E-state index in [-0.39, 0.29) is 0 Å². The summed E-state index contributed by atoms with van der Waals surface area (Å²) in [5, 5.41) is 13.7. The molecule has 0 amide bonds. The van der Waals surface area contributed by atoms with E-state index in [0.717, 1.165) is 15.7 Å². The number of rotatable bonds is 5. The van der Waals surface area contributed by atoms with Crippen molar-refractivity contribution in [3.63, 3.8) is 0 Å². The fourth-order valence-electron chi connectivity index (χ4n) is 2.20. The molecule has 108 valence electrons. The average Bonchev–Trinajstić information content (AvgIpc) is 2.51. The molecule has 0 aliphatic rings. The molecule has 1 N–H and O–H groups in total. The van der Waals surface area contributed by atoms with Crippen LogP contribution >= 0.6 is 27.5 Å². The van der Waals surface area contributed by atoms with Crippen molar-refractivity contribution in [3.05, 3.63) is 63.6 Å². The summed E-state index contributed by atoms with van der Waals surface area (Å²) in [4.78, 5) is 0. The van der Waals surface area contributed by atoms with Gasteiger partial charge in [0, 0.05) is 16.6 Å². The smallest absolute Gasteiger partial charge is 0.129 e. The predicted molar refractivity (Wildman–Crippen MR) is 91.6 cm³/mol. The number of nitrogens with zero attached hydrogens (tertiary/aromatic N) is 1. The number of benzene rings is 2. The lowest BCUT2D eigenvalue weighted by Gasteiger charge is -2.28. The highest BCUT2D eigenvalue weighted by Crippen LogP contribution is 2.29. The normalized spacial score (nSPS) is 13.2. The average molecular weight is 364 g/mol. The molecule has 2 nitrogen and oxygen atoms in total. The highest BCUT2D eigenvalue weighted by molar-refractivity contribution is 9.10. The van der Waals surface area contributed by atoms with Gasteiger partial charge in [-0.15, -0.1) is 0 Å². The van der Waals surface area contributed by atoms with Crippen molar-refractivity contribution >= 4 is 33.2 Å². The summed E-state index contributed by atoms with van der Waals surface area (Å²) in [6, 6.07) is 18.1. The largest absolute Gasteiger partial charge is 0.367 e. The van der Waals surface area contributed by atoms with Gasteiger partial charge in [-0.05, 0) is 46.1 Å². The van der Waals surface area contributed by atoms with Crippen molar-refractivity contribution in [1.82, 2.24) is 0 Å². The molecule has 0 bridgehead atoms. The third kappa shape index (κ3) is 4.00. The zero-order valence-electron chi connectivity index (χ0n) is 11.7. The first kappa shape index (κ1) is 15.9. The van der Waals surface area contributed by atoms with E-state index < -0.39 is 5.54 Å². The molecule has 21 heavy (non-hydrogen) atoms. The van der Waals surface area contributed by atoms with Crippen LogP contribution in [0.1, 0.15) is 18.9 Å². The van der Waals surface area contributed by atoms with Gasteiger partial charge in [0.2, 0.25) is 0 Å². The monoisotopic (exact) mass is 362 g/mol. The van der Waals surface area contributed by atoms with Crippen LogP contribution in [0.5, 0.6) is 0 Å². The fraction of sp³-hybridized carbons (Fsp3) is 0.235. The van der Waals surface area contributed by atoms with Gasteiger partial charge in [-0.1, -0.05) is 48.9 Å². The van der Waals surface area contributed by atoms with E-state index in [0.29, 0.717) is 17.9 Å². The molecular formula is C17H16BrClN2. The zero-order valence-corrected chi connectivity index (χ0v) is 14.1. The quantitative estimate of drug-likeness (QED) is 0.769. The van der Waals surface area contributed by atoms with Crippen LogP contribution in [0.15, 0.2) is 53.0 Å². The van der Waals surface area contributed by atoms with E-state index in [9.17, 15) is 5.26 Å². The Morgan fingerprint density at radius 3 is 2.52 bits per heavy atom. The summed E-state index contributed by atoms with van der Waals surface area (Å²) in [7, 11) is 0. The summed E-state index contributed by atoms with van der Waals surface area (Å²) >= 11 is 9.42. The fourth-order valence-corrected chi connectivity index (χ4v) is 2.69. The van der Waals surface area contributed by atoms with E-state index in [1.165, 1.54) is 0 Å². The lowest BCUT2D eigenvalue weighted by molar-refractivity contribution is 0.564. The van der Waals surface area contributed by atoms with Gasteiger partial charge in [-0.2, -0.15) is 5.26 Å². The van der Waals surface area contributed by atoms with Crippen molar-refractivity contribution < 1.29 is 0 Å². The van der Waals surface area contributed by atoms with Crippen molar-refractivity contribution in [2.24, 2.45) is 0 Å². The summed E-state index contributed by atoms with van der Waals surface area (Å²) in [5.74, 6) is 0. The van der Waals surface area contributed by atoms with E-state index in [1.807, 2.05) is 55.5 Å². The Kier molecular flexibility index (Phi) is 5.27. The van der Waals surface area contributed by atoms with E-state index in [2.05, 4.69) is 27.3 Å². The van der Waals surface area contributed by atoms with Gasteiger partial charge < -0.3 is 5.32 Å². The highest BCUT2D eigenvalue weighted by Gasteiger charge is 2.28. The second kappa shape index (κ2) is 6.98. The molecule has 0 aliphatic carbocycles. The van der Waals surface area contributed by atoms with E-state index in [4.69, 9.17) is 11.6 Å². The number of nitrogens with one attached hydrogen (secondary N) is 1. The highest BCUT2D eigenvalue weighted by atomic mass is 79.9. The molecule has 2 rings (SSSR count). The minimum absolute atomic E-state index is 0.630. The third-order valence-corrected chi connectivity index (χ3v) is 4.68. The Hall–Kier alpha value is -1.50. The topological polar surface area (TPSA) is 35.8 Å². The molecule has 0 spiro atoms. The zero-order chi connectivity index (χ0) is 15.3. The minimum Gasteiger partial charge on any atom is -0.367 e. The summed E-state index contributed by atoms with van der Waals surface area (Å²) < 4.78 is 0.817. The minimum atomic E-state index is -0.630. The summed E-state index contributed by atoms with van der Waals surface area (Å²) in [6.45, 7) is 2.02. The molecule has 1 atom stereocenters. The predicted octanol–water partition coefficient (Wildman–Crippen LogP) is 5.43. The standard InChI is InChI=1S/C17H16BrClN2/c1-2-17(12-20,11-13-6-4-3-5-7-13)21-14-8-9-16(19)15(18)10-14/h3-10,21H,2,11H2,1H3. The van der Waals surface area contributed by atoms with Crippen LogP contribution in [0, 0.1) is 11.3 Å². The van der Waals surface area contributed by atoms with E-state index in [1.54, 1.807) is 0 Å². The van der Waals surface area contributed by atoms with Gasteiger partial charge in [0.15, 0.2) is 0 Å². The second-order valence-electron chi connectivity index (χ2n) is 4.96. The van der Waals surface area contributed by atoms with Crippen LogP contribution in [0.25, 0.3) is 0 Å². The number of halogens is 2. The van der Waals surface area contributed by atoms with Crippen molar-refractivity contribution in [2.75, 3.05) is 5.32 Å². The van der Waals surface area contributed by atoms with Gasteiger partial charge >= 0.3 is 0 Å². The molecule has 0 fully saturated rings. The number of anilines is 1. The van der Waals surface area contributed by atoms with E-state index >= 15 is 0 Å². The Morgan fingerprint density at radius 2 is 1.95 bits per heavy atom. The molecular weight excluding hydrogens is 348 g/mol. The Labute approximate surface area is 138 Å². The van der Waals surface area contributed by atoms with Crippen LogP contribution in [-0.2, 0) is 6.42 Å². The van der Waals surface area contributed by atoms with Gasteiger partial charge in [-0.3, -0.25) is 0 Å². The number of nitriles is 1. The molecule has 0 saturated carbocycles. The molecule has 0 aromatic heterocycles. The lowest BCUT2D eigenvalue weighted by atomic mass is 9.89. The van der Waals surface area contributed by atoms with Crippen LogP contribution in [0.4, 0.5) is 5.69 Å². The first-order chi connectivity index (χ1) is 10.1. The number of hydrogen-bond donors (Lipinski definition) is 1. The summed E-state index contributed by atoms with van der Waals surface area (Å²) in [5.41, 5.74) is 1.39. The molecule has 1 unspecified atom stereocenters. The van der Waals surface area contributed by atoms with Gasteiger partial charge in [0.1, 0.15) is 5.54 Å². The number of hydrogen-bond acceptors (Lipinski definition) is 2. The first-order valence-electron chi connectivity index (χ1n) is 6.77. The Balaban J connectivity index is 2.25. The van der Waals surface area contributed by atoms with Crippen LogP contribution < -0.4 is 5.32 Å². The summed E-state index contributed by atoms with van der Waals surface area (Å²) in [6.07, 6.45) is 1.36. The lowest BCUT2D eigenvalue weighted by Crippen LogP contribution is -2.38. The molecule has 0 heterocycles. The van der Waals surface area contributed by atoms with Crippen LogP contribution in [-0.4, -0.2) is 5.54 Å². The molecule has 0 aliphatic heterocycles. The SMILES string of the molecule is CCC(C#N)(Cc1ccccc1)Nc1ccc(Cl)c(Br)c1. The maximum atomic E-state index is 9.67.